The molecular formula is C8H13N. The van der Waals surface area contributed by atoms with Gasteiger partial charge in [-0.05, 0) is 20.3 Å². The molecule has 0 aromatic rings. The molecule has 0 aromatic heterocycles. The Balaban J connectivity index is 2.68. The van der Waals surface area contributed by atoms with Crippen LogP contribution in [0, 0.1) is 5.92 Å². The first-order valence-corrected chi connectivity index (χ1v) is 3.44. The van der Waals surface area contributed by atoms with E-state index < -0.39 is 0 Å². The molecule has 1 unspecified atom stereocenters. The predicted molar refractivity (Wildman–Crippen MR) is 40.6 cm³/mol. The fourth-order valence-electron chi connectivity index (χ4n) is 1.33. The third kappa shape index (κ3) is 1.04. The highest BCUT2D eigenvalue weighted by atomic mass is 14.8. The third-order valence-electron chi connectivity index (χ3n) is 1.78. The van der Waals surface area contributed by atoms with Crippen LogP contribution in [0.1, 0.15) is 27.2 Å². The van der Waals surface area contributed by atoms with Gasteiger partial charge in [-0.15, -0.1) is 0 Å². The molecule has 0 saturated carbocycles. The Kier molecular flexibility index (Phi) is 1.70. The van der Waals surface area contributed by atoms with Gasteiger partial charge in [0.25, 0.3) is 0 Å². The number of hydrogen-bond donors (Lipinski definition) is 0. The zero-order valence-electron chi connectivity index (χ0n) is 6.31. The smallest absolute Gasteiger partial charge is 0.0420 e. The second kappa shape index (κ2) is 2.34. The molecule has 0 N–H and O–H groups in total. The molecule has 50 valence electrons. The summed E-state index contributed by atoms with van der Waals surface area (Å²) >= 11 is 0. The van der Waals surface area contributed by atoms with Gasteiger partial charge in [0.1, 0.15) is 0 Å². The molecule has 0 aromatic carbocycles. The SMILES string of the molecule is C/C=N\C1=C(C)CC1C. The lowest BCUT2D eigenvalue weighted by Gasteiger charge is -2.24. The van der Waals surface area contributed by atoms with Gasteiger partial charge in [0.15, 0.2) is 0 Å². The van der Waals surface area contributed by atoms with Gasteiger partial charge in [-0.3, -0.25) is 4.99 Å². The fourth-order valence-corrected chi connectivity index (χ4v) is 1.33. The number of nitrogens with zero attached hydrogens (tertiary/aromatic N) is 1. The van der Waals surface area contributed by atoms with Crippen LogP contribution in [0.25, 0.3) is 0 Å². The molecule has 0 fully saturated rings. The van der Waals surface area contributed by atoms with Crippen LogP contribution in [0.2, 0.25) is 0 Å². The van der Waals surface area contributed by atoms with Crippen molar-refractivity contribution >= 4 is 6.21 Å². The van der Waals surface area contributed by atoms with Crippen LogP contribution >= 0.6 is 0 Å². The van der Waals surface area contributed by atoms with Gasteiger partial charge in [0.2, 0.25) is 0 Å². The molecule has 1 aliphatic carbocycles. The molecule has 1 heteroatoms. The summed E-state index contributed by atoms with van der Waals surface area (Å²) in [6.07, 6.45) is 3.11. The third-order valence-corrected chi connectivity index (χ3v) is 1.78. The van der Waals surface area contributed by atoms with Crippen molar-refractivity contribution in [2.24, 2.45) is 10.9 Å². The molecular weight excluding hydrogens is 110 g/mol. The van der Waals surface area contributed by atoms with Crippen molar-refractivity contribution in [2.75, 3.05) is 0 Å². The van der Waals surface area contributed by atoms with E-state index in [0.29, 0.717) is 5.92 Å². The summed E-state index contributed by atoms with van der Waals surface area (Å²) < 4.78 is 0. The highest BCUT2D eigenvalue weighted by Crippen LogP contribution is 2.34. The number of allylic oxidation sites excluding steroid dienone is 2. The molecule has 0 saturated heterocycles. The summed E-state index contributed by atoms with van der Waals surface area (Å²) in [6, 6.07) is 0. The minimum atomic E-state index is 0.709. The maximum Gasteiger partial charge on any atom is 0.0420 e. The number of aliphatic imine (C=N–C) groups is 1. The maximum atomic E-state index is 4.25. The van der Waals surface area contributed by atoms with Gasteiger partial charge >= 0.3 is 0 Å². The van der Waals surface area contributed by atoms with Crippen molar-refractivity contribution < 1.29 is 0 Å². The average molecular weight is 123 g/mol. The Bertz CT molecular complexity index is 165. The van der Waals surface area contributed by atoms with Gasteiger partial charge in [-0.2, -0.15) is 0 Å². The molecule has 0 heterocycles. The lowest BCUT2D eigenvalue weighted by Crippen LogP contribution is -2.11. The minimum absolute atomic E-state index is 0.709. The lowest BCUT2D eigenvalue weighted by atomic mass is 9.85. The van der Waals surface area contributed by atoms with Crippen LogP contribution < -0.4 is 0 Å². The molecule has 1 rings (SSSR count). The first kappa shape index (κ1) is 6.53. The Morgan fingerprint density at radius 1 is 1.67 bits per heavy atom. The quantitative estimate of drug-likeness (QED) is 0.475. The Morgan fingerprint density at radius 3 is 2.56 bits per heavy atom. The molecule has 0 bridgehead atoms. The summed E-state index contributed by atoms with van der Waals surface area (Å²) in [4.78, 5) is 4.25. The van der Waals surface area contributed by atoms with Crippen LogP contribution in [-0.2, 0) is 0 Å². The van der Waals surface area contributed by atoms with Crippen molar-refractivity contribution in [2.45, 2.75) is 27.2 Å². The lowest BCUT2D eigenvalue weighted by molar-refractivity contribution is 0.576. The first-order valence-electron chi connectivity index (χ1n) is 3.44. The Hall–Kier alpha value is -0.590. The molecule has 1 nitrogen and oxygen atoms in total. The monoisotopic (exact) mass is 123 g/mol. The van der Waals surface area contributed by atoms with E-state index in [1.165, 1.54) is 17.7 Å². The topological polar surface area (TPSA) is 12.4 Å². The number of hydrogen-bond acceptors (Lipinski definition) is 1. The fraction of sp³-hybridized carbons (Fsp3) is 0.625. The van der Waals surface area contributed by atoms with E-state index in [9.17, 15) is 0 Å². The second-order valence-corrected chi connectivity index (χ2v) is 2.66. The van der Waals surface area contributed by atoms with Crippen molar-refractivity contribution in [3.63, 3.8) is 0 Å². The standard InChI is InChI=1S/C8H13N/c1-4-9-8-6(2)5-7(8)3/h4,6H,5H2,1-3H3/b9-4-. The highest BCUT2D eigenvalue weighted by Gasteiger charge is 2.20. The predicted octanol–water partition coefficient (Wildman–Crippen LogP) is 2.39. The van der Waals surface area contributed by atoms with Crippen LogP contribution in [0.5, 0.6) is 0 Å². The van der Waals surface area contributed by atoms with Crippen molar-refractivity contribution in [3.05, 3.63) is 11.3 Å². The van der Waals surface area contributed by atoms with Crippen LogP contribution in [0.15, 0.2) is 16.3 Å². The molecule has 0 aliphatic heterocycles. The molecule has 1 aliphatic rings. The highest BCUT2D eigenvalue weighted by molar-refractivity contribution is 5.56. The maximum absolute atomic E-state index is 4.25. The van der Waals surface area contributed by atoms with Crippen LogP contribution in [-0.4, -0.2) is 6.21 Å². The van der Waals surface area contributed by atoms with Gasteiger partial charge in [0.05, 0.1) is 0 Å². The van der Waals surface area contributed by atoms with E-state index in [1.54, 1.807) is 0 Å². The van der Waals surface area contributed by atoms with Crippen molar-refractivity contribution in [1.82, 2.24) is 0 Å². The zero-order valence-corrected chi connectivity index (χ0v) is 6.31. The molecule has 1 atom stereocenters. The van der Waals surface area contributed by atoms with E-state index in [2.05, 4.69) is 18.8 Å². The van der Waals surface area contributed by atoms with Crippen LogP contribution in [0.3, 0.4) is 0 Å². The van der Waals surface area contributed by atoms with Gasteiger partial charge < -0.3 is 0 Å². The Labute approximate surface area is 56.5 Å². The van der Waals surface area contributed by atoms with Gasteiger partial charge in [-0.1, -0.05) is 12.5 Å². The summed E-state index contributed by atoms with van der Waals surface area (Å²) in [6.45, 7) is 6.34. The van der Waals surface area contributed by atoms with E-state index in [1.807, 2.05) is 13.1 Å². The normalized spacial score (nSPS) is 27.2. The van der Waals surface area contributed by atoms with E-state index in [-0.39, 0.29) is 0 Å². The summed E-state index contributed by atoms with van der Waals surface area (Å²) in [5.41, 5.74) is 2.76. The zero-order chi connectivity index (χ0) is 6.85. The number of rotatable bonds is 1. The average Bonchev–Trinajstić information content (AvgIpc) is 1.84. The second-order valence-electron chi connectivity index (χ2n) is 2.66. The first-order chi connectivity index (χ1) is 4.25. The molecule has 0 radical (unpaired) electrons. The molecule has 0 spiro atoms. The summed E-state index contributed by atoms with van der Waals surface area (Å²) in [7, 11) is 0. The molecule has 9 heavy (non-hydrogen) atoms. The minimum Gasteiger partial charge on any atom is -0.266 e. The van der Waals surface area contributed by atoms with Crippen molar-refractivity contribution in [1.29, 1.82) is 0 Å². The summed E-state index contributed by atoms with van der Waals surface area (Å²) in [5.74, 6) is 0.709. The van der Waals surface area contributed by atoms with E-state index in [4.69, 9.17) is 0 Å². The largest absolute Gasteiger partial charge is 0.266 e. The van der Waals surface area contributed by atoms with E-state index in [0.717, 1.165) is 0 Å². The van der Waals surface area contributed by atoms with Crippen LogP contribution in [0.4, 0.5) is 0 Å². The Morgan fingerprint density at radius 2 is 2.33 bits per heavy atom. The van der Waals surface area contributed by atoms with E-state index >= 15 is 0 Å². The molecule has 0 amide bonds. The van der Waals surface area contributed by atoms with Crippen molar-refractivity contribution in [3.8, 4) is 0 Å². The summed E-state index contributed by atoms with van der Waals surface area (Å²) in [5, 5.41) is 0. The van der Waals surface area contributed by atoms with Gasteiger partial charge in [0, 0.05) is 17.8 Å². The van der Waals surface area contributed by atoms with Gasteiger partial charge in [-0.25, -0.2) is 0 Å².